The van der Waals surface area contributed by atoms with Gasteiger partial charge in [-0.1, -0.05) is 6.08 Å². The first-order valence-corrected chi connectivity index (χ1v) is 13.7. The largest absolute Gasteiger partial charge is 0.497 e. The summed E-state index contributed by atoms with van der Waals surface area (Å²) in [5, 5.41) is 16.5. The number of dihydropyridines is 1. The molecule has 0 amide bonds. The van der Waals surface area contributed by atoms with E-state index in [9.17, 15) is 26.0 Å². The molecule has 0 saturated heterocycles. The summed E-state index contributed by atoms with van der Waals surface area (Å²) in [6.45, 7) is 1.38. The maximum atomic E-state index is 13.9. The van der Waals surface area contributed by atoms with Crippen LogP contribution in [-0.2, 0) is 16.4 Å². The fourth-order valence-electron chi connectivity index (χ4n) is 4.43. The summed E-state index contributed by atoms with van der Waals surface area (Å²) >= 11 is 0. The fraction of sp³-hybridized carbons (Fsp3) is 0.259. The summed E-state index contributed by atoms with van der Waals surface area (Å²) in [5.74, 6) is -0.172. The van der Waals surface area contributed by atoms with Gasteiger partial charge in [-0.25, -0.2) is 9.53 Å². The molecule has 0 fully saturated rings. The predicted octanol–water partition coefficient (Wildman–Crippen LogP) is 4.16. The maximum absolute atomic E-state index is 13.9. The summed E-state index contributed by atoms with van der Waals surface area (Å²) in [6, 6.07) is 10.4. The van der Waals surface area contributed by atoms with Crippen LogP contribution in [0.25, 0.3) is 16.7 Å². The molecule has 2 aliphatic rings. The molecule has 0 spiro atoms. The average molecular weight is 594 g/mol. The van der Waals surface area contributed by atoms with Crippen molar-refractivity contribution < 1.29 is 35.5 Å². The first-order valence-electron chi connectivity index (χ1n) is 12.2. The van der Waals surface area contributed by atoms with Gasteiger partial charge in [0.2, 0.25) is 0 Å². The van der Waals surface area contributed by atoms with Crippen LogP contribution in [0.4, 0.5) is 17.6 Å². The van der Waals surface area contributed by atoms with Crippen LogP contribution in [0.3, 0.4) is 0 Å². The number of aromatic nitrogens is 2. The Morgan fingerprint density at radius 3 is 2.46 bits per heavy atom. The molecule has 0 bridgehead atoms. The van der Waals surface area contributed by atoms with Gasteiger partial charge < -0.3 is 14.8 Å². The number of hydrogen-bond acceptors (Lipinski definition) is 7. The van der Waals surface area contributed by atoms with Gasteiger partial charge in [-0.15, -0.1) is 0 Å². The lowest BCUT2D eigenvalue weighted by atomic mass is 9.94. The molecule has 0 aliphatic carbocycles. The predicted molar refractivity (Wildman–Crippen MR) is 144 cm³/mol. The first kappa shape index (κ1) is 30.0. The molecule has 0 unspecified atom stereocenters. The molecular formula is C27H27F4N5O4S. The zero-order valence-corrected chi connectivity index (χ0v) is 22.9. The normalized spacial score (nSPS) is 15.6. The van der Waals surface area contributed by atoms with E-state index >= 15 is 0 Å². The van der Waals surface area contributed by atoms with Crippen LogP contribution in [0, 0.1) is 5.82 Å². The standard InChI is InChI=1S/C15H12F4O2.C12H15N5O2S/c1-20-10-4-5-13(16)11(8-10)12-7-9(15(17,18)19)3-6-14(12)21-2;13-20(18,19)17-7-4-11-10(8-17)9(3-6-14-11)12-2-1-5-15-16-12/h3-8H,1-2H3;1-3,5,14H,4,6-8H2,(H2,13,18,19). The summed E-state index contributed by atoms with van der Waals surface area (Å²) in [5.41, 5.74) is 2.80. The van der Waals surface area contributed by atoms with Crippen LogP contribution in [0.5, 0.6) is 11.5 Å². The van der Waals surface area contributed by atoms with Gasteiger partial charge in [-0.2, -0.15) is 36.1 Å². The van der Waals surface area contributed by atoms with E-state index in [0.717, 1.165) is 46.8 Å². The number of rotatable bonds is 5. The van der Waals surface area contributed by atoms with Gasteiger partial charge in [-0.05, 0) is 54.1 Å². The van der Waals surface area contributed by atoms with Crippen molar-refractivity contribution in [3.63, 3.8) is 0 Å². The third-order valence-corrected chi connectivity index (χ3v) is 7.49. The Bertz CT molecular complexity index is 1580. The summed E-state index contributed by atoms with van der Waals surface area (Å²) < 4.78 is 86.7. The third kappa shape index (κ3) is 7.01. The van der Waals surface area contributed by atoms with Crippen molar-refractivity contribution in [3.8, 4) is 22.6 Å². The van der Waals surface area contributed by atoms with E-state index in [1.54, 1.807) is 6.20 Å². The second-order valence-electron chi connectivity index (χ2n) is 8.95. The highest BCUT2D eigenvalue weighted by molar-refractivity contribution is 7.86. The van der Waals surface area contributed by atoms with Crippen molar-refractivity contribution in [1.29, 1.82) is 0 Å². The molecule has 1 aromatic heterocycles. The first-order chi connectivity index (χ1) is 19.4. The van der Waals surface area contributed by atoms with Crippen molar-refractivity contribution >= 4 is 15.8 Å². The number of halogens is 4. The van der Waals surface area contributed by atoms with Crippen molar-refractivity contribution in [2.45, 2.75) is 12.6 Å². The van der Waals surface area contributed by atoms with Gasteiger partial charge in [0.25, 0.3) is 10.2 Å². The van der Waals surface area contributed by atoms with Crippen LogP contribution in [0.2, 0.25) is 0 Å². The average Bonchev–Trinajstić information content (AvgIpc) is 2.96. The number of ether oxygens (including phenoxy) is 2. The van der Waals surface area contributed by atoms with Crippen molar-refractivity contribution in [2.75, 3.05) is 33.9 Å². The van der Waals surface area contributed by atoms with Crippen LogP contribution in [-0.4, -0.2) is 56.8 Å². The summed E-state index contributed by atoms with van der Waals surface area (Å²) in [6.07, 6.45) is -0.285. The van der Waals surface area contributed by atoms with Crippen LogP contribution < -0.4 is 19.9 Å². The minimum atomic E-state index is -4.52. The molecule has 5 rings (SSSR count). The van der Waals surface area contributed by atoms with Crippen LogP contribution in [0.15, 0.2) is 72.1 Å². The number of nitrogens with two attached hydrogens (primary N) is 1. The van der Waals surface area contributed by atoms with E-state index in [0.29, 0.717) is 25.3 Å². The van der Waals surface area contributed by atoms with E-state index in [2.05, 4.69) is 15.5 Å². The summed E-state index contributed by atoms with van der Waals surface area (Å²) in [4.78, 5) is 0. The number of nitrogens with zero attached hydrogens (tertiary/aromatic N) is 3. The lowest BCUT2D eigenvalue weighted by Crippen LogP contribution is -2.43. The molecule has 3 heterocycles. The second-order valence-corrected chi connectivity index (χ2v) is 10.5. The smallest absolute Gasteiger partial charge is 0.416 e. The number of methoxy groups -OCH3 is 2. The molecule has 2 aliphatic heterocycles. The van der Waals surface area contributed by atoms with E-state index < -0.39 is 27.8 Å². The van der Waals surface area contributed by atoms with Crippen molar-refractivity contribution in [1.82, 2.24) is 19.8 Å². The lowest BCUT2D eigenvalue weighted by molar-refractivity contribution is -0.137. The molecule has 0 saturated carbocycles. The second kappa shape index (κ2) is 12.2. The van der Waals surface area contributed by atoms with Gasteiger partial charge in [0, 0.05) is 54.6 Å². The van der Waals surface area contributed by atoms with E-state index in [-0.39, 0.29) is 23.4 Å². The number of hydrogen-bond donors (Lipinski definition) is 2. The minimum absolute atomic E-state index is 0.0164. The number of benzene rings is 2. The highest BCUT2D eigenvalue weighted by Crippen LogP contribution is 2.39. The van der Waals surface area contributed by atoms with Crippen molar-refractivity contribution in [3.05, 3.63) is 89.1 Å². The van der Waals surface area contributed by atoms with Gasteiger partial charge in [0.1, 0.15) is 17.3 Å². The summed E-state index contributed by atoms with van der Waals surface area (Å²) in [7, 11) is -0.975. The molecular weight excluding hydrogens is 566 g/mol. The minimum Gasteiger partial charge on any atom is -0.497 e. The Labute approximate surface area is 234 Å². The Kier molecular flexibility index (Phi) is 8.95. The number of alkyl halides is 3. The van der Waals surface area contributed by atoms with E-state index in [4.69, 9.17) is 14.6 Å². The third-order valence-electron chi connectivity index (χ3n) is 6.46. The zero-order chi connectivity index (χ0) is 29.8. The molecule has 14 heteroatoms. The SMILES string of the molecule is COc1ccc(F)c(-c2cc(C(F)(F)F)ccc2OC)c1.NS(=O)(=O)N1CCC2=C(C1)C(c1cccnn1)=CCN2. The Morgan fingerprint density at radius 1 is 1.05 bits per heavy atom. The molecule has 218 valence electrons. The van der Waals surface area contributed by atoms with Crippen molar-refractivity contribution in [2.24, 2.45) is 5.14 Å². The van der Waals surface area contributed by atoms with Gasteiger partial charge in [0.15, 0.2) is 0 Å². The zero-order valence-electron chi connectivity index (χ0n) is 22.1. The highest BCUT2D eigenvalue weighted by atomic mass is 32.2. The molecule has 0 radical (unpaired) electrons. The number of nitrogens with one attached hydrogen (secondary N) is 1. The molecule has 3 N–H and O–H groups in total. The van der Waals surface area contributed by atoms with E-state index in [1.165, 1.54) is 30.7 Å². The lowest BCUT2D eigenvalue weighted by Gasteiger charge is -2.32. The molecule has 0 atom stereocenters. The van der Waals surface area contributed by atoms with Crippen LogP contribution >= 0.6 is 0 Å². The monoisotopic (exact) mass is 593 g/mol. The Balaban J connectivity index is 0.000000189. The topological polar surface area (TPSA) is 120 Å². The Morgan fingerprint density at radius 2 is 1.83 bits per heavy atom. The van der Waals surface area contributed by atoms with Gasteiger partial charge in [0.05, 0.1) is 25.5 Å². The van der Waals surface area contributed by atoms with Gasteiger partial charge >= 0.3 is 6.18 Å². The highest BCUT2D eigenvalue weighted by Gasteiger charge is 2.32. The molecule has 9 nitrogen and oxygen atoms in total. The Hall–Kier alpha value is -4.01. The maximum Gasteiger partial charge on any atom is 0.416 e. The quantitative estimate of drug-likeness (QED) is 0.427. The fourth-order valence-corrected chi connectivity index (χ4v) is 5.09. The van der Waals surface area contributed by atoms with Crippen LogP contribution in [0.1, 0.15) is 17.7 Å². The molecule has 41 heavy (non-hydrogen) atoms. The molecule has 2 aromatic carbocycles. The van der Waals surface area contributed by atoms with E-state index in [1.807, 2.05) is 18.2 Å². The molecule has 3 aromatic rings. The van der Waals surface area contributed by atoms with Gasteiger partial charge in [-0.3, -0.25) is 0 Å².